The van der Waals surface area contributed by atoms with Crippen molar-refractivity contribution < 1.29 is 4.79 Å². The second kappa shape index (κ2) is 10.1. The summed E-state index contributed by atoms with van der Waals surface area (Å²) in [7, 11) is 1.82. The van der Waals surface area contributed by atoms with Crippen molar-refractivity contribution in [1.29, 1.82) is 0 Å². The zero-order valence-corrected chi connectivity index (χ0v) is 22.7. The lowest BCUT2D eigenvalue weighted by Gasteiger charge is -2.21. The molecule has 0 radical (unpaired) electrons. The molecule has 0 unspecified atom stereocenters. The molecule has 6 aromatic rings. The predicted octanol–water partition coefficient (Wildman–Crippen LogP) is 3.55. The molecule has 0 aliphatic carbocycles. The van der Waals surface area contributed by atoms with Gasteiger partial charge in [0.05, 0.1) is 23.2 Å². The summed E-state index contributed by atoms with van der Waals surface area (Å²) in [6.07, 6.45) is 5.10. The molecule has 41 heavy (non-hydrogen) atoms. The van der Waals surface area contributed by atoms with Crippen molar-refractivity contribution in [2.45, 2.75) is 19.9 Å². The van der Waals surface area contributed by atoms with Crippen LogP contribution in [0.3, 0.4) is 0 Å². The first-order valence-electron chi connectivity index (χ1n) is 13.0. The number of benzene rings is 2. The van der Waals surface area contributed by atoms with Crippen LogP contribution in [0, 0.1) is 18.8 Å². The molecule has 0 fully saturated rings. The fourth-order valence-electron chi connectivity index (χ4n) is 4.91. The minimum absolute atomic E-state index is 0.0762. The molecule has 4 aromatic heterocycles. The van der Waals surface area contributed by atoms with Gasteiger partial charge in [-0.25, -0.2) is 9.50 Å². The number of hydrogen-bond donors (Lipinski definition) is 2. The van der Waals surface area contributed by atoms with Crippen LogP contribution in [0.25, 0.3) is 22.1 Å². The van der Waals surface area contributed by atoms with E-state index < -0.39 is 11.9 Å². The van der Waals surface area contributed by atoms with Gasteiger partial charge in [-0.3, -0.25) is 18.8 Å². The summed E-state index contributed by atoms with van der Waals surface area (Å²) in [5.41, 5.74) is 9.85. The highest BCUT2D eigenvalue weighted by Crippen LogP contribution is 2.25. The number of pyridine rings is 1. The molecule has 1 atom stereocenters. The maximum absolute atomic E-state index is 14.2. The highest BCUT2D eigenvalue weighted by Gasteiger charge is 2.24. The fourth-order valence-corrected chi connectivity index (χ4v) is 4.91. The molecular weight excluding hydrogens is 516 g/mol. The quantitative estimate of drug-likeness (QED) is 0.328. The minimum atomic E-state index is -0.580. The molecule has 0 spiro atoms. The number of anilines is 1. The van der Waals surface area contributed by atoms with Gasteiger partial charge in [-0.2, -0.15) is 5.10 Å². The Morgan fingerprint density at radius 1 is 1.07 bits per heavy atom. The summed E-state index contributed by atoms with van der Waals surface area (Å²) in [4.78, 5) is 32.0. The third-order valence-electron chi connectivity index (χ3n) is 6.89. The second-order valence-electron chi connectivity index (χ2n) is 9.74. The van der Waals surface area contributed by atoms with E-state index in [1.165, 1.54) is 0 Å². The molecule has 0 bridgehead atoms. The summed E-state index contributed by atoms with van der Waals surface area (Å²) < 4.78 is 4.83. The van der Waals surface area contributed by atoms with E-state index in [1.54, 1.807) is 32.2 Å². The average Bonchev–Trinajstić information content (AvgIpc) is 3.54. The van der Waals surface area contributed by atoms with Crippen LogP contribution in [0.2, 0.25) is 0 Å². The maximum atomic E-state index is 14.2. The molecule has 4 heterocycles. The fraction of sp³-hybridized carbons (Fsp3) is 0.129. The van der Waals surface area contributed by atoms with Crippen LogP contribution in [0.5, 0.6) is 0 Å². The number of fused-ring (bicyclic) bond motifs is 2. The predicted molar refractivity (Wildman–Crippen MR) is 157 cm³/mol. The topological polar surface area (TPSA) is 125 Å². The van der Waals surface area contributed by atoms with Crippen LogP contribution in [0.1, 0.15) is 45.8 Å². The number of rotatable bonds is 4. The molecule has 10 nitrogen and oxygen atoms in total. The Balaban J connectivity index is 1.47. The van der Waals surface area contributed by atoms with Crippen molar-refractivity contribution in [2.75, 3.05) is 5.73 Å². The number of carbonyl (C=O) groups is 1. The molecule has 0 aliphatic rings. The van der Waals surface area contributed by atoms with Gasteiger partial charge in [-0.15, -0.1) is 5.10 Å². The van der Waals surface area contributed by atoms with Crippen molar-refractivity contribution in [1.82, 2.24) is 34.3 Å². The summed E-state index contributed by atoms with van der Waals surface area (Å²) in [5, 5.41) is 12.6. The van der Waals surface area contributed by atoms with Gasteiger partial charge in [-0.1, -0.05) is 42.2 Å². The number of aryl methyl sites for hydroxylation is 2. The van der Waals surface area contributed by atoms with Crippen LogP contribution in [0.4, 0.5) is 5.82 Å². The standard InChI is InChI=1S/C31H26N8O2/c1-19-14-15-33-29-27(28(32)36-39(19)29)30(40)35-20(2)25-16-23-9-7-8-22(13-12-21-17-34-37(3)18-21)26(23)31(41)38(25)24-10-5-4-6-11-24/h4-11,14-18,20H,1-3H3,(H2,32,36)(H,35,40)/t20-/m0/s1. The van der Waals surface area contributed by atoms with Gasteiger partial charge < -0.3 is 11.1 Å². The highest BCUT2D eigenvalue weighted by atomic mass is 16.2. The molecule has 0 aliphatic heterocycles. The van der Waals surface area contributed by atoms with E-state index in [-0.39, 0.29) is 16.9 Å². The van der Waals surface area contributed by atoms with Gasteiger partial charge in [0.25, 0.3) is 11.5 Å². The zero-order chi connectivity index (χ0) is 28.7. The number of hydrogen-bond acceptors (Lipinski definition) is 6. The first-order chi connectivity index (χ1) is 19.8. The summed E-state index contributed by atoms with van der Waals surface area (Å²) >= 11 is 0. The molecule has 0 saturated heterocycles. The van der Waals surface area contributed by atoms with Crippen LogP contribution >= 0.6 is 0 Å². The molecule has 10 heteroatoms. The SMILES string of the molecule is Cc1ccnc2c(C(=O)N[C@@H](C)c3cc4cccc(C#Cc5cnn(C)c5)c4c(=O)n3-c3ccccc3)c(N)nn12. The Bertz CT molecular complexity index is 2080. The van der Waals surface area contributed by atoms with Crippen molar-refractivity contribution in [3.8, 4) is 17.5 Å². The van der Waals surface area contributed by atoms with E-state index in [1.807, 2.05) is 81.7 Å². The van der Waals surface area contributed by atoms with Gasteiger partial charge in [0.1, 0.15) is 5.56 Å². The first-order valence-corrected chi connectivity index (χ1v) is 13.0. The van der Waals surface area contributed by atoms with Gasteiger partial charge in [0.2, 0.25) is 0 Å². The highest BCUT2D eigenvalue weighted by molar-refractivity contribution is 6.04. The molecule has 202 valence electrons. The van der Waals surface area contributed by atoms with Gasteiger partial charge in [-0.05, 0) is 49.6 Å². The van der Waals surface area contributed by atoms with Crippen LogP contribution in [-0.4, -0.2) is 34.9 Å². The van der Waals surface area contributed by atoms with Crippen molar-refractivity contribution in [3.05, 3.63) is 118 Å². The Labute approximate surface area is 235 Å². The molecular formula is C31H26N8O2. The molecule has 0 saturated carbocycles. The lowest BCUT2D eigenvalue weighted by molar-refractivity contribution is 0.0941. The maximum Gasteiger partial charge on any atom is 0.264 e. The number of carbonyl (C=O) groups excluding carboxylic acids is 1. The van der Waals surface area contributed by atoms with Crippen molar-refractivity contribution in [2.24, 2.45) is 7.05 Å². The van der Waals surface area contributed by atoms with Gasteiger partial charge in [0, 0.05) is 42.1 Å². The summed E-state index contributed by atoms with van der Waals surface area (Å²) in [5.74, 6) is 5.88. The summed E-state index contributed by atoms with van der Waals surface area (Å²) in [6.45, 7) is 3.68. The van der Waals surface area contributed by atoms with E-state index in [9.17, 15) is 9.59 Å². The largest absolute Gasteiger partial charge is 0.381 e. The summed E-state index contributed by atoms with van der Waals surface area (Å²) in [6, 6.07) is 18.0. The van der Waals surface area contributed by atoms with Crippen molar-refractivity contribution >= 4 is 28.1 Å². The smallest absolute Gasteiger partial charge is 0.264 e. The van der Waals surface area contributed by atoms with E-state index in [4.69, 9.17) is 5.73 Å². The number of nitrogens with two attached hydrogens (primary N) is 1. The van der Waals surface area contributed by atoms with Gasteiger partial charge in [0.15, 0.2) is 11.5 Å². The number of nitrogens with one attached hydrogen (secondary N) is 1. The lowest BCUT2D eigenvalue weighted by Crippen LogP contribution is -2.32. The molecule has 6 rings (SSSR count). The normalized spacial score (nSPS) is 11.8. The third-order valence-corrected chi connectivity index (χ3v) is 6.89. The molecule has 1 amide bonds. The Hall–Kier alpha value is -5.69. The number of para-hydroxylation sites is 1. The minimum Gasteiger partial charge on any atom is -0.381 e. The molecule has 3 N–H and O–H groups in total. The van der Waals surface area contributed by atoms with Crippen molar-refractivity contribution in [3.63, 3.8) is 0 Å². The Morgan fingerprint density at radius 3 is 2.63 bits per heavy atom. The van der Waals surface area contributed by atoms with Crippen LogP contribution < -0.4 is 16.6 Å². The number of amides is 1. The average molecular weight is 543 g/mol. The zero-order valence-electron chi connectivity index (χ0n) is 22.7. The number of nitrogens with zero attached hydrogens (tertiary/aromatic N) is 6. The van der Waals surface area contributed by atoms with Crippen LogP contribution in [-0.2, 0) is 7.05 Å². The van der Waals surface area contributed by atoms with E-state index >= 15 is 0 Å². The number of aromatic nitrogens is 6. The Morgan fingerprint density at radius 2 is 1.88 bits per heavy atom. The lowest BCUT2D eigenvalue weighted by atomic mass is 10.0. The second-order valence-corrected chi connectivity index (χ2v) is 9.74. The first kappa shape index (κ1) is 25.6. The number of nitrogen functional groups attached to an aromatic ring is 1. The van der Waals surface area contributed by atoms with Crippen LogP contribution in [0.15, 0.2) is 84.0 Å². The van der Waals surface area contributed by atoms with E-state index in [2.05, 4.69) is 32.3 Å². The van der Waals surface area contributed by atoms with E-state index in [0.29, 0.717) is 33.4 Å². The van der Waals surface area contributed by atoms with E-state index in [0.717, 1.165) is 11.3 Å². The molecule has 2 aromatic carbocycles. The monoisotopic (exact) mass is 542 g/mol. The third kappa shape index (κ3) is 4.59. The Kier molecular flexibility index (Phi) is 6.32. The van der Waals surface area contributed by atoms with Gasteiger partial charge >= 0.3 is 0 Å².